The molecule has 0 saturated carbocycles. The Labute approximate surface area is 150 Å². The van der Waals surface area contributed by atoms with Gasteiger partial charge in [0, 0.05) is 42.3 Å². The van der Waals surface area contributed by atoms with E-state index in [1.807, 2.05) is 11.9 Å². The van der Waals surface area contributed by atoms with Crippen molar-refractivity contribution in [2.75, 3.05) is 32.0 Å². The molecule has 0 saturated heterocycles. The molecule has 0 aliphatic heterocycles. The van der Waals surface area contributed by atoms with Gasteiger partial charge >= 0.3 is 0 Å². The lowest BCUT2D eigenvalue weighted by molar-refractivity contribution is -0.384. The number of aryl methyl sites for hydroxylation is 1. The molecule has 2 rings (SSSR count). The molecule has 0 unspecified atom stereocenters. The summed E-state index contributed by atoms with van der Waals surface area (Å²) in [5.41, 5.74) is 2.09. The van der Waals surface area contributed by atoms with E-state index < -0.39 is 4.92 Å². The first kappa shape index (κ1) is 18.9. The second-order valence-electron chi connectivity index (χ2n) is 5.78. The largest absolute Gasteiger partial charge is 0.383 e. The van der Waals surface area contributed by atoms with E-state index in [4.69, 9.17) is 0 Å². The summed E-state index contributed by atoms with van der Waals surface area (Å²) < 4.78 is 0. The van der Waals surface area contributed by atoms with Crippen molar-refractivity contribution in [1.29, 1.82) is 0 Å². The molecular formula is C17H22N4O3S. The van der Waals surface area contributed by atoms with E-state index in [-0.39, 0.29) is 11.6 Å². The zero-order chi connectivity index (χ0) is 18.2. The van der Waals surface area contributed by atoms with Gasteiger partial charge in [-0.1, -0.05) is 0 Å². The molecule has 0 aliphatic carbocycles. The van der Waals surface area contributed by atoms with Crippen LogP contribution in [0.1, 0.15) is 10.4 Å². The molecule has 1 heterocycles. The van der Waals surface area contributed by atoms with Crippen LogP contribution in [0.25, 0.3) is 0 Å². The van der Waals surface area contributed by atoms with Crippen molar-refractivity contribution in [3.8, 4) is 0 Å². The Morgan fingerprint density at radius 3 is 2.56 bits per heavy atom. The molecule has 134 valence electrons. The predicted molar refractivity (Wildman–Crippen MR) is 100.0 cm³/mol. The van der Waals surface area contributed by atoms with Crippen LogP contribution in [-0.4, -0.2) is 42.4 Å². The van der Waals surface area contributed by atoms with Gasteiger partial charge < -0.3 is 10.6 Å². The zero-order valence-corrected chi connectivity index (χ0v) is 15.1. The summed E-state index contributed by atoms with van der Waals surface area (Å²) in [4.78, 5) is 25.4. The second kappa shape index (κ2) is 9.14. The molecule has 2 N–H and O–H groups in total. The van der Waals surface area contributed by atoms with E-state index in [9.17, 15) is 14.9 Å². The number of carbonyl (C=O) groups is 1. The third-order valence-electron chi connectivity index (χ3n) is 3.65. The number of likely N-dealkylation sites (N-methyl/N-ethyl adjacent to an activating group) is 1. The highest BCUT2D eigenvalue weighted by atomic mass is 32.1. The lowest BCUT2D eigenvalue weighted by Crippen LogP contribution is -2.37. The van der Waals surface area contributed by atoms with Crippen LogP contribution in [0.4, 0.5) is 11.4 Å². The van der Waals surface area contributed by atoms with Gasteiger partial charge in [-0.3, -0.25) is 19.8 Å². The first-order valence-corrected chi connectivity index (χ1v) is 8.80. The number of nitro benzene ring substituents is 1. The number of hydrogen-bond acceptors (Lipinski definition) is 6. The quantitative estimate of drug-likeness (QED) is 0.407. The number of rotatable bonds is 9. The summed E-state index contributed by atoms with van der Waals surface area (Å²) in [5, 5.41) is 18.6. The SMILES string of the molecule is Cc1ccsc1CN(C)CC(=O)NCCNc1ccc([N+](=O)[O-])cc1. The Kier molecular flexibility index (Phi) is 6.91. The summed E-state index contributed by atoms with van der Waals surface area (Å²) >= 11 is 1.70. The van der Waals surface area contributed by atoms with Gasteiger partial charge in [0.15, 0.2) is 0 Å². The summed E-state index contributed by atoms with van der Waals surface area (Å²) in [6.45, 7) is 4.22. The fraction of sp³-hybridized carbons (Fsp3) is 0.353. The normalized spacial score (nSPS) is 10.7. The third-order valence-corrected chi connectivity index (χ3v) is 4.66. The van der Waals surface area contributed by atoms with Crippen LogP contribution < -0.4 is 10.6 Å². The molecule has 7 nitrogen and oxygen atoms in total. The molecular weight excluding hydrogens is 340 g/mol. The standard InChI is InChI=1S/C17H22N4O3S/c1-13-7-10-25-16(13)11-20(2)12-17(22)19-9-8-18-14-3-5-15(6-4-14)21(23)24/h3-7,10,18H,8-9,11-12H2,1-2H3,(H,19,22). The highest BCUT2D eigenvalue weighted by molar-refractivity contribution is 7.10. The molecule has 2 aromatic rings. The number of carbonyl (C=O) groups excluding carboxylic acids is 1. The number of thiophene rings is 1. The van der Waals surface area contributed by atoms with Gasteiger partial charge in [-0.2, -0.15) is 0 Å². The Morgan fingerprint density at radius 1 is 1.24 bits per heavy atom. The van der Waals surface area contributed by atoms with Crippen LogP contribution in [-0.2, 0) is 11.3 Å². The number of benzene rings is 1. The minimum Gasteiger partial charge on any atom is -0.383 e. The zero-order valence-electron chi connectivity index (χ0n) is 14.3. The van der Waals surface area contributed by atoms with Crippen LogP contribution in [0.2, 0.25) is 0 Å². The molecule has 0 spiro atoms. The predicted octanol–water partition coefficient (Wildman–Crippen LogP) is 2.62. The third kappa shape index (κ3) is 6.17. The number of amides is 1. The van der Waals surface area contributed by atoms with Crippen LogP contribution in [0, 0.1) is 17.0 Å². The molecule has 0 radical (unpaired) electrons. The molecule has 0 aliphatic rings. The van der Waals surface area contributed by atoms with E-state index in [0.717, 1.165) is 12.2 Å². The first-order valence-electron chi connectivity index (χ1n) is 7.92. The van der Waals surface area contributed by atoms with E-state index in [2.05, 4.69) is 29.0 Å². The molecule has 0 atom stereocenters. The van der Waals surface area contributed by atoms with E-state index in [1.165, 1.54) is 22.6 Å². The first-order chi connectivity index (χ1) is 12.0. The molecule has 1 aromatic carbocycles. The lowest BCUT2D eigenvalue weighted by atomic mass is 10.3. The summed E-state index contributed by atoms with van der Waals surface area (Å²) in [5.74, 6) is -0.0257. The van der Waals surface area contributed by atoms with Gasteiger partial charge in [0.05, 0.1) is 11.5 Å². The van der Waals surface area contributed by atoms with Crippen LogP contribution in [0.3, 0.4) is 0 Å². The van der Waals surface area contributed by atoms with E-state index >= 15 is 0 Å². The van der Waals surface area contributed by atoms with E-state index in [0.29, 0.717) is 19.6 Å². The van der Waals surface area contributed by atoms with Crippen LogP contribution in [0.5, 0.6) is 0 Å². The number of anilines is 1. The molecule has 0 bridgehead atoms. The van der Waals surface area contributed by atoms with Gasteiger partial charge in [-0.15, -0.1) is 11.3 Å². The minimum absolute atomic E-state index is 0.0257. The Balaban J connectivity index is 1.64. The maximum atomic E-state index is 11.9. The minimum atomic E-state index is -0.432. The molecule has 8 heteroatoms. The van der Waals surface area contributed by atoms with Gasteiger partial charge in [0.1, 0.15) is 0 Å². The van der Waals surface area contributed by atoms with E-state index in [1.54, 1.807) is 23.5 Å². The number of nitro groups is 1. The number of nitrogens with zero attached hydrogens (tertiary/aromatic N) is 2. The van der Waals surface area contributed by atoms with Gasteiger partial charge in [0.25, 0.3) is 5.69 Å². The topological polar surface area (TPSA) is 87.5 Å². The molecule has 0 fully saturated rings. The van der Waals surface area contributed by atoms with Crippen molar-refractivity contribution in [2.45, 2.75) is 13.5 Å². The maximum absolute atomic E-state index is 11.9. The highest BCUT2D eigenvalue weighted by Gasteiger charge is 2.09. The summed E-state index contributed by atoms with van der Waals surface area (Å²) in [6.07, 6.45) is 0. The Morgan fingerprint density at radius 2 is 1.96 bits per heavy atom. The van der Waals surface area contributed by atoms with Gasteiger partial charge in [0.2, 0.25) is 5.91 Å². The highest BCUT2D eigenvalue weighted by Crippen LogP contribution is 2.17. The Hall–Kier alpha value is -2.45. The van der Waals surface area contributed by atoms with Crippen molar-refractivity contribution in [2.24, 2.45) is 0 Å². The van der Waals surface area contributed by atoms with Gasteiger partial charge in [-0.25, -0.2) is 0 Å². The molecule has 1 amide bonds. The summed E-state index contributed by atoms with van der Waals surface area (Å²) in [6, 6.07) is 8.27. The fourth-order valence-electron chi connectivity index (χ4n) is 2.28. The van der Waals surface area contributed by atoms with Crippen molar-refractivity contribution >= 4 is 28.6 Å². The lowest BCUT2D eigenvalue weighted by Gasteiger charge is -2.16. The number of hydrogen-bond donors (Lipinski definition) is 2. The molecule has 25 heavy (non-hydrogen) atoms. The average molecular weight is 362 g/mol. The van der Waals surface area contributed by atoms with Crippen LogP contribution >= 0.6 is 11.3 Å². The maximum Gasteiger partial charge on any atom is 0.269 e. The van der Waals surface area contributed by atoms with Gasteiger partial charge in [-0.05, 0) is 43.1 Å². The van der Waals surface area contributed by atoms with Crippen molar-refractivity contribution in [3.05, 3.63) is 56.3 Å². The number of nitrogens with one attached hydrogen (secondary N) is 2. The van der Waals surface area contributed by atoms with Crippen molar-refractivity contribution in [1.82, 2.24) is 10.2 Å². The number of non-ortho nitro benzene ring substituents is 1. The van der Waals surface area contributed by atoms with Crippen molar-refractivity contribution in [3.63, 3.8) is 0 Å². The fourth-order valence-corrected chi connectivity index (χ4v) is 3.26. The smallest absolute Gasteiger partial charge is 0.269 e. The molecule has 1 aromatic heterocycles. The second-order valence-corrected chi connectivity index (χ2v) is 6.78. The van der Waals surface area contributed by atoms with Crippen molar-refractivity contribution < 1.29 is 9.72 Å². The monoisotopic (exact) mass is 362 g/mol. The average Bonchev–Trinajstić information content (AvgIpc) is 2.96. The summed E-state index contributed by atoms with van der Waals surface area (Å²) in [7, 11) is 1.92. The Bertz CT molecular complexity index is 715. The van der Waals surface area contributed by atoms with Crippen LogP contribution in [0.15, 0.2) is 35.7 Å².